The lowest BCUT2D eigenvalue weighted by atomic mass is 10.3. The zero-order chi connectivity index (χ0) is 10.7. The van der Waals surface area contributed by atoms with Gasteiger partial charge in [0.2, 0.25) is 0 Å². The molecule has 0 spiro atoms. The van der Waals surface area contributed by atoms with E-state index in [1.165, 1.54) is 12.8 Å². The van der Waals surface area contributed by atoms with Gasteiger partial charge in [-0.25, -0.2) is 0 Å². The Morgan fingerprint density at radius 1 is 1.20 bits per heavy atom. The first-order valence-corrected chi connectivity index (χ1v) is 5.93. The average molecular weight is 245 g/mol. The molecule has 0 aromatic heterocycles. The van der Waals surface area contributed by atoms with Crippen LogP contribution >= 0.6 is 23.2 Å². The van der Waals surface area contributed by atoms with Crippen LogP contribution in [0.2, 0.25) is 10.0 Å². The van der Waals surface area contributed by atoms with Crippen LogP contribution in [0.4, 0.5) is 5.69 Å². The Morgan fingerprint density at radius 3 is 2.67 bits per heavy atom. The second-order valence-corrected chi connectivity index (χ2v) is 4.62. The lowest BCUT2D eigenvalue weighted by Gasteiger charge is -2.08. The number of hydrogen-bond acceptors (Lipinski definition) is 2. The second kappa shape index (κ2) is 5.06. The molecule has 0 amide bonds. The lowest BCUT2D eigenvalue weighted by Crippen LogP contribution is -2.23. The zero-order valence-corrected chi connectivity index (χ0v) is 9.91. The monoisotopic (exact) mass is 244 g/mol. The van der Waals surface area contributed by atoms with Gasteiger partial charge in [0, 0.05) is 24.2 Å². The molecule has 0 atom stereocenters. The summed E-state index contributed by atoms with van der Waals surface area (Å²) in [4.78, 5) is 0. The SMILES string of the molecule is Clc1ccc(NCCNC2CC2)c(Cl)c1. The Kier molecular flexibility index (Phi) is 3.73. The molecule has 0 heterocycles. The molecular formula is C11H14Cl2N2. The van der Waals surface area contributed by atoms with E-state index < -0.39 is 0 Å². The van der Waals surface area contributed by atoms with Gasteiger partial charge in [0.25, 0.3) is 0 Å². The highest BCUT2D eigenvalue weighted by Crippen LogP contribution is 2.25. The summed E-state index contributed by atoms with van der Waals surface area (Å²) in [7, 11) is 0. The standard InChI is InChI=1S/C11H14Cl2N2/c12-8-1-4-11(10(13)7-8)15-6-5-14-9-2-3-9/h1,4,7,9,14-15H,2-3,5-6H2. The first kappa shape index (κ1) is 11.1. The smallest absolute Gasteiger partial charge is 0.0652 e. The minimum absolute atomic E-state index is 0.668. The molecule has 0 unspecified atom stereocenters. The minimum Gasteiger partial charge on any atom is -0.383 e. The van der Waals surface area contributed by atoms with E-state index in [0.29, 0.717) is 10.0 Å². The van der Waals surface area contributed by atoms with Crippen LogP contribution in [0.1, 0.15) is 12.8 Å². The van der Waals surface area contributed by atoms with Crippen molar-refractivity contribution in [2.75, 3.05) is 18.4 Å². The molecule has 15 heavy (non-hydrogen) atoms. The van der Waals surface area contributed by atoms with Crippen LogP contribution in [0, 0.1) is 0 Å². The normalized spacial score (nSPS) is 15.3. The summed E-state index contributed by atoms with van der Waals surface area (Å²) in [5, 5.41) is 8.04. The molecule has 1 aromatic carbocycles. The molecule has 2 nitrogen and oxygen atoms in total. The van der Waals surface area contributed by atoms with Gasteiger partial charge in [-0.15, -0.1) is 0 Å². The van der Waals surface area contributed by atoms with Crippen molar-refractivity contribution in [3.63, 3.8) is 0 Å². The number of halogens is 2. The maximum atomic E-state index is 6.02. The third-order valence-electron chi connectivity index (χ3n) is 2.38. The van der Waals surface area contributed by atoms with Crippen LogP contribution in [-0.4, -0.2) is 19.1 Å². The van der Waals surface area contributed by atoms with Crippen molar-refractivity contribution in [2.45, 2.75) is 18.9 Å². The molecule has 1 aliphatic rings. The van der Waals surface area contributed by atoms with Gasteiger partial charge in [-0.1, -0.05) is 23.2 Å². The van der Waals surface area contributed by atoms with Gasteiger partial charge < -0.3 is 10.6 Å². The predicted octanol–water partition coefficient (Wildman–Crippen LogP) is 3.16. The Hall–Kier alpha value is -0.440. The molecule has 4 heteroatoms. The largest absolute Gasteiger partial charge is 0.383 e. The Labute approximate surface area is 100.0 Å². The summed E-state index contributed by atoms with van der Waals surface area (Å²) in [5.74, 6) is 0. The highest BCUT2D eigenvalue weighted by atomic mass is 35.5. The summed E-state index contributed by atoms with van der Waals surface area (Å²) in [6.07, 6.45) is 2.64. The van der Waals surface area contributed by atoms with E-state index in [1.54, 1.807) is 6.07 Å². The molecule has 0 radical (unpaired) electrons. The topological polar surface area (TPSA) is 24.1 Å². The van der Waals surface area contributed by atoms with E-state index in [-0.39, 0.29) is 0 Å². The fraction of sp³-hybridized carbons (Fsp3) is 0.455. The molecule has 0 aliphatic heterocycles. The fourth-order valence-corrected chi connectivity index (χ4v) is 1.87. The number of nitrogens with one attached hydrogen (secondary N) is 2. The van der Waals surface area contributed by atoms with Gasteiger partial charge in [-0.3, -0.25) is 0 Å². The molecule has 1 aliphatic carbocycles. The van der Waals surface area contributed by atoms with Crippen molar-refractivity contribution in [1.29, 1.82) is 0 Å². The van der Waals surface area contributed by atoms with Gasteiger partial charge >= 0.3 is 0 Å². The van der Waals surface area contributed by atoms with Gasteiger partial charge in [0.15, 0.2) is 0 Å². The van der Waals surface area contributed by atoms with Crippen LogP contribution < -0.4 is 10.6 Å². The van der Waals surface area contributed by atoms with E-state index in [0.717, 1.165) is 24.8 Å². The van der Waals surface area contributed by atoms with Crippen molar-refractivity contribution in [3.05, 3.63) is 28.2 Å². The van der Waals surface area contributed by atoms with Crippen LogP contribution in [0.25, 0.3) is 0 Å². The number of benzene rings is 1. The first-order valence-electron chi connectivity index (χ1n) is 5.18. The summed E-state index contributed by atoms with van der Waals surface area (Å²) in [6, 6.07) is 6.25. The molecule has 1 fully saturated rings. The van der Waals surface area contributed by atoms with Gasteiger partial charge in [-0.05, 0) is 31.0 Å². The summed E-state index contributed by atoms with van der Waals surface area (Å²) in [5.41, 5.74) is 0.943. The van der Waals surface area contributed by atoms with Crippen LogP contribution in [-0.2, 0) is 0 Å². The summed E-state index contributed by atoms with van der Waals surface area (Å²) in [6.45, 7) is 1.86. The number of rotatable bonds is 5. The Bertz CT molecular complexity index is 337. The third kappa shape index (κ3) is 3.56. The highest BCUT2D eigenvalue weighted by Gasteiger charge is 2.19. The van der Waals surface area contributed by atoms with Crippen molar-refractivity contribution < 1.29 is 0 Å². The van der Waals surface area contributed by atoms with Gasteiger partial charge in [0.05, 0.1) is 10.7 Å². The zero-order valence-electron chi connectivity index (χ0n) is 8.39. The number of anilines is 1. The molecule has 2 rings (SSSR count). The summed E-state index contributed by atoms with van der Waals surface area (Å²) < 4.78 is 0. The van der Waals surface area contributed by atoms with Crippen LogP contribution in [0.3, 0.4) is 0 Å². The van der Waals surface area contributed by atoms with Gasteiger partial charge in [-0.2, -0.15) is 0 Å². The Balaban J connectivity index is 1.76. The van der Waals surface area contributed by atoms with Crippen molar-refractivity contribution >= 4 is 28.9 Å². The van der Waals surface area contributed by atoms with Crippen molar-refractivity contribution in [2.24, 2.45) is 0 Å². The molecule has 1 aromatic rings. The Morgan fingerprint density at radius 2 is 2.00 bits per heavy atom. The quantitative estimate of drug-likeness (QED) is 0.778. The summed E-state index contributed by atoms with van der Waals surface area (Å²) >= 11 is 11.8. The molecule has 82 valence electrons. The lowest BCUT2D eigenvalue weighted by molar-refractivity contribution is 0.701. The molecule has 1 saturated carbocycles. The maximum Gasteiger partial charge on any atom is 0.0652 e. The van der Waals surface area contributed by atoms with E-state index in [1.807, 2.05) is 12.1 Å². The van der Waals surface area contributed by atoms with E-state index in [4.69, 9.17) is 23.2 Å². The number of hydrogen-bond donors (Lipinski definition) is 2. The van der Waals surface area contributed by atoms with Gasteiger partial charge in [0.1, 0.15) is 0 Å². The molecular weight excluding hydrogens is 231 g/mol. The van der Waals surface area contributed by atoms with Crippen molar-refractivity contribution in [1.82, 2.24) is 5.32 Å². The molecule has 0 saturated heterocycles. The maximum absolute atomic E-state index is 6.02. The van der Waals surface area contributed by atoms with E-state index in [9.17, 15) is 0 Å². The first-order chi connectivity index (χ1) is 7.25. The van der Waals surface area contributed by atoms with E-state index >= 15 is 0 Å². The van der Waals surface area contributed by atoms with Crippen molar-refractivity contribution in [3.8, 4) is 0 Å². The average Bonchev–Trinajstić information content (AvgIpc) is 2.99. The van der Waals surface area contributed by atoms with E-state index in [2.05, 4.69) is 10.6 Å². The molecule has 0 bridgehead atoms. The minimum atomic E-state index is 0.668. The second-order valence-electron chi connectivity index (χ2n) is 3.78. The molecule has 2 N–H and O–H groups in total. The van der Waals surface area contributed by atoms with Crippen LogP contribution in [0.5, 0.6) is 0 Å². The third-order valence-corrected chi connectivity index (χ3v) is 2.93. The van der Waals surface area contributed by atoms with Crippen LogP contribution in [0.15, 0.2) is 18.2 Å². The predicted molar refractivity (Wildman–Crippen MR) is 66.0 cm³/mol. The fourth-order valence-electron chi connectivity index (χ4n) is 1.39. The highest BCUT2D eigenvalue weighted by molar-refractivity contribution is 6.36.